The minimum Gasteiger partial charge on any atom is -0.478 e. The molecule has 0 fully saturated rings. The number of anilines is 1. The molecule has 1 rings (SSSR count). The zero-order valence-corrected chi connectivity index (χ0v) is 11.5. The molecule has 1 N–H and O–H groups in total. The lowest BCUT2D eigenvalue weighted by molar-refractivity contribution is 0.134. The van der Waals surface area contributed by atoms with Crippen molar-refractivity contribution in [1.82, 2.24) is 9.97 Å². The van der Waals surface area contributed by atoms with Gasteiger partial charge in [0, 0.05) is 25.8 Å². The van der Waals surface area contributed by atoms with E-state index in [1.54, 1.807) is 0 Å². The van der Waals surface area contributed by atoms with Gasteiger partial charge in [-0.1, -0.05) is 6.92 Å². The highest BCUT2D eigenvalue weighted by atomic mass is 16.5. The van der Waals surface area contributed by atoms with Crippen molar-refractivity contribution in [2.45, 2.75) is 33.6 Å². The lowest BCUT2D eigenvalue weighted by Gasteiger charge is -2.08. The number of nitrogens with one attached hydrogen (secondary N) is 1. The van der Waals surface area contributed by atoms with Crippen molar-refractivity contribution in [3.8, 4) is 5.88 Å². The Bertz CT molecular complexity index is 345. The maximum absolute atomic E-state index is 5.41. The number of aryl methyl sites for hydroxylation is 1. The third-order valence-corrected chi connectivity index (χ3v) is 2.23. The second kappa shape index (κ2) is 8.69. The molecule has 0 bridgehead atoms. The lowest BCUT2D eigenvalue weighted by atomic mass is 10.4. The smallest absolute Gasteiger partial charge is 0.218 e. The van der Waals surface area contributed by atoms with Crippen molar-refractivity contribution in [2.75, 3.05) is 31.7 Å². The molecule has 5 heteroatoms. The van der Waals surface area contributed by atoms with Gasteiger partial charge in [-0.25, -0.2) is 4.98 Å². The van der Waals surface area contributed by atoms with Gasteiger partial charge >= 0.3 is 0 Å². The Balaban J connectivity index is 2.32. The van der Waals surface area contributed by atoms with Crippen molar-refractivity contribution < 1.29 is 9.47 Å². The quantitative estimate of drug-likeness (QED) is 0.685. The van der Waals surface area contributed by atoms with Crippen LogP contribution in [0.2, 0.25) is 0 Å². The normalized spacial score (nSPS) is 10.4. The van der Waals surface area contributed by atoms with E-state index in [-0.39, 0.29) is 0 Å². The molecule has 0 amide bonds. The SMILES string of the molecule is CCCOCCCNc1cc(OCC)nc(C)n1. The van der Waals surface area contributed by atoms with Gasteiger partial charge in [-0.05, 0) is 26.7 Å². The molecule has 0 saturated heterocycles. The van der Waals surface area contributed by atoms with Crippen molar-refractivity contribution in [1.29, 1.82) is 0 Å². The summed E-state index contributed by atoms with van der Waals surface area (Å²) in [6, 6.07) is 1.82. The first-order valence-corrected chi connectivity index (χ1v) is 6.56. The van der Waals surface area contributed by atoms with Crippen LogP contribution in [0.5, 0.6) is 5.88 Å². The van der Waals surface area contributed by atoms with Gasteiger partial charge in [-0.15, -0.1) is 0 Å². The van der Waals surface area contributed by atoms with Gasteiger partial charge < -0.3 is 14.8 Å². The van der Waals surface area contributed by atoms with E-state index in [1.165, 1.54) is 0 Å². The fourth-order valence-electron chi connectivity index (χ4n) is 1.49. The van der Waals surface area contributed by atoms with E-state index in [0.717, 1.165) is 38.4 Å². The molecule has 0 spiro atoms. The second-order valence-corrected chi connectivity index (χ2v) is 3.96. The summed E-state index contributed by atoms with van der Waals surface area (Å²) in [5.41, 5.74) is 0. The predicted molar refractivity (Wildman–Crippen MR) is 72.2 cm³/mol. The molecule has 18 heavy (non-hydrogen) atoms. The number of ether oxygens (including phenoxy) is 2. The number of nitrogens with zero attached hydrogens (tertiary/aromatic N) is 2. The summed E-state index contributed by atoms with van der Waals surface area (Å²) in [7, 11) is 0. The number of aromatic nitrogens is 2. The predicted octanol–water partition coefficient (Wildman–Crippen LogP) is 2.41. The largest absolute Gasteiger partial charge is 0.478 e. The third kappa shape index (κ3) is 5.82. The molecule has 0 aliphatic rings. The van der Waals surface area contributed by atoms with Crippen molar-refractivity contribution in [3.63, 3.8) is 0 Å². The summed E-state index contributed by atoms with van der Waals surface area (Å²) in [6.45, 7) is 8.97. The lowest BCUT2D eigenvalue weighted by Crippen LogP contribution is -2.08. The van der Waals surface area contributed by atoms with Gasteiger partial charge in [0.1, 0.15) is 11.6 Å². The molecule has 1 aromatic rings. The average Bonchev–Trinajstić information content (AvgIpc) is 2.33. The topological polar surface area (TPSA) is 56.3 Å². The summed E-state index contributed by atoms with van der Waals surface area (Å²) >= 11 is 0. The maximum atomic E-state index is 5.41. The Labute approximate surface area is 109 Å². The zero-order valence-electron chi connectivity index (χ0n) is 11.5. The molecule has 102 valence electrons. The standard InChI is InChI=1S/C13H23N3O2/c1-4-8-17-9-6-7-14-12-10-13(18-5-2)16-11(3)15-12/h10H,4-9H2,1-3H3,(H,14,15,16). The minimum absolute atomic E-state index is 0.612. The van der Waals surface area contributed by atoms with Crippen LogP contribution in [0.25, 0.3) is 0 Å². The second-order valence-electron chi connectivity index (χ2n) is 3.96. The molecule has 5 nitrogen and oxygen atoms in total. The molecule has 0 atom stereocenters. The Morgan fingerprint density at radius 3 is 2.78 bits per heavy atom. The Kier molecular flexibility index (Phi) is 7.10. The summed E-state index contributed by atoms with van der Waals surface area (Å²) in [5, 5.41) is 3.25. The molecule has 0 aromatic carbocycles. The van der Waals surface area contributed by atoms with Crippen LogP contribution >= 0.6 is 0 Å². The fraction of sp³-hybridized carbons (Fsp3) is 0.692. The Morgan fingerprint density at radius 1 is 1.22 bits per heavy atom. The van der Waals surface area contributed by atoms with Gasteiger partial charge in [0.05, 0.1) is 6.61 Å². The molecule has 0 aliphatic heterocycles. The summed E-state index contributed by atoms with van der Waals surface area (Å²) < 4.78 is 10.8. The molecule has 0 unspecified atom stereocenters. The van der Waals surface area contributed by atoms with Crippen molar-refractivity contribution in [3.05, 3.63) is 11.9 Å². The zero-order chi connectivity index (χ0) is 13.2. The first kappa shape index (κ1) is 14.7. The van der Waals surface area contributed by atoms with Gasteiger partial charge in [0.15, 0.2) is 0 Å². The number of rotatable bonds is 9. The van der Waals surface area contributed by atoms with Gasteiger partial charge in [-0.2, -0.15) is 4.98 Å². The van der Waals surface area contributed by atoms with Crippen molar-refractivity contribution >= 4 is 5.82 Å². The minimum atomic E-state index is 0.612. The molecular formula is C13H23N3O2. The molecule has 1 heterocycles. The number of hydrogen-bond acceptors (Lipinski definition) is 5. The van der Waals surface area contributed by atoms with Crippen LogP contribution in [0, 0.1) is 6.92 Å². The Morgan fingerprint density at radius 2 is 2.06 bits per heavy atom. The van der Waals surface area contributed by atoms with Crippen LogP contribution in [-0.2, 0) is 4.74 Å². The third-order valence-electron chi connectivity index (χ3n) is 2.23. The molecular weight excluding hydrogens is 230 g/mol. The van der Waals surface area contributed by atoms with E-state index in [1.807, 2.05) is 19.9 Å². The van der Waals surface area contributed by atoms with Gasteiger partial charge in [0.2, 0.25) is 5.88 Å². The van der Waals surface area contributed by atoms with Crippen LogP contribution in [0.15, 0.2) is 6.07 Å². The van der Waals surface area contributed by atoms with Crippen LogP contribution in [-0.4, -0.2) is 36.3 Å². The first-order chi connectivity index (χ1) is 8.76. The van der Waals surface area contributed by atoms with Gasteiger partial charge in [0.25, 0.3) is 0 Å². The van der Waals surface area contributed by atoms with Crippen LogP contribution in [0.4, 0.5) is 5.82 Å². The van der Waals surface area contributed by atoms with E-state index in [0.29, 0.717) is 18.3 Å². The number of hydrogen-bond donors (Lipinski definition) is 1. The molecule has 0 aliphatic carbocycles. The highest BCUT2D eigenvalue weighted by Gasteiger charge is 2.01. The van der Waals surface area contributed by atoms with Crippen LogP contribution in [0.1, 0.15) is 32.5 Å². The molecule has 0 saturated carbocycles. The van der Waals surface area contributed by atoms with Gasteiger partial charge in [-0.3, -0.25) is 0 Å². The molecule has 0 radical (unpaired) electrons. The summed E-state index contributed by atoms with van der Waals surface area (Å²) in [5.74, 6) is 2.14. The molecule has 1 aromatic heterocycles. The van der Waals surface area contributed by atoms with Crippen molar-refractivity contribution in [2.24, 2.45) is 0 Å². The Hall–Kier alpha value is -1.36. The highest BCUT2D eigenvalue weighted by Crippen LogP contribution is 2.13. The highest BCUT2D eigenvalue weighted by molar-refractivity contribution is 5.38. The maximum Gasteiger partial charge on any atom is 0.218 e. The van der Waals surface area contributed by atoms with E-state index in [4.69, 9.17) is 9.47 Å². The van der Waals surface area contributed by atoms with E-state index >= 15 is 0 Å². The first-order valence-electron chi connectivity index (χ1n) is 6.56. The summed E-state index contributed by atoms with van der Waals surface area (Å²) in [6.07, 6.45) is 2.03. The summed E-state index contributed by atoms with van der Waals surface area (Å²) in [4.78, 5) is 8.50. The van der Waals surface area contributed by atoms with E-state index in [9.17, 15) is 0 Å². The average molecular weight is 253 g/mol. The monoisotopic (exact) mass is 253 g/mol. The van der Waals surface area contributed by atoms with Crippen LogP contribution in [0.3, 0.4) is 0 Å². The van der Waals surface area contributed by atoms with E-state index in [2.05, 4.69) is 22.2 Å². The van der Waals surface area contributed by atoms with E-state index < -0.39 is 0 Å². The van der Waals surface area contributed by atoms with Crippen LogP contribution < -0.4 is 10.1 Å². The fourth-order valence-corrected chi connectivity index (χ4v) is 1.49.